The third-order valence-corrected chi connectivity index (χ3v) is 7.45. The Bertz CT molecular complexity index is 1810. The molecule has 4 aromatic carbocycles. The summed E-state index contributed by atoms with van der Waals surface area (Å²) >= 11 is 12.3. The molecule has 228 valence electrons. The number of halogens is 2. The molecule has 1 aliphatic heterocycles. The molecule has 0 spiro atoms. The number of carbonyl (C=O) groups is 1. The molecule has 1 unspecified atom stereocenters. The number of ether oxygens (including phenoxy) is 5. The zero-order valence-electron chi connectivity index (χ0n) is 24.2. The van der Waals surface area contributed by atoms with Crippen molar-refractivity contribution in [3.63, 3.8) is 0 Å². The van der Waals surface area contributed by atoms with Crippen molar-refractivity contribution in [2.75, 3.05) is 13.2 Å². The molecule has 2 N–H and O–H groups in total. The number of nitrogens with two attached hydrogens (primary N) is 1. The van der Waals surface area contributed by atoms with Crippen LogP contribution in [0.3, 0.4) is 0 Å². The van der Waals surface area contributed by atoms with Crippen LogP contribution >= 0.6 is 23.2 Å². The van der Waals surface area contributed by atoms with Gasteiger partial charge in [-0.15, -0.1) is 0 Å². The Kier molecular flexibility index (Phi) is 9.83. The lowest BCUT2D eigenvalue weighted by Gasteiger charge is -2.27. The molecule has 0 fully saturated rings. The van der Waals surface area contributed by atoms with Gasteiger partial charge in [-0.3, -0.25) is 0 Å². The zero-order chi connectivity index (χ0) is 31.9. The van der Waals surface area contributed by atoms with Gasteiger partial charge in [0.1, 0.15) is 42.1 Å². The van der Waals surface area contributed by atoms with Crippen LogP contribution in [0, 0.1) is 11.3 Å². The Hall–Kier alpha value is -5.10. The van der Waals surface area contributed by atoms with Crippen LogP contribution in [-0.2, 0) is 6.61 Å². The SMILES string of the molecule is C=CCOc1ccc(C(=O)Oc2ccc3c(c2)OC(N)=C(C#N)C3c2ccc(OCc3ccc(Cl)cc3Cl)c(OCC)c2)cc1. The lowest BCUT2D eigenvalue weighted by molar-refractivity contribution is 0.0734. The van der Waals surface area contributed by atoms with E-state index in [1.807, 2.05) is 19.1 Å². The largest absolute Gasteiger partial charge is 0.490 e. The first-order valence-electron chi connectivity index (χ1n) is 13.9. The van der Waals surface area contributed by atoms with Crippen LogP contribution in [0.4, 0.5) is 0 Å². The van der Waals surface area contributed by atoms with Crippen LogP contribution in [-0.4, -0.2) is 19.2 Å². The van der Waals surface area contributed by atoms with Gasteiger partial charge in [-0.25, -0.2) is 4.79 Å². The number of hydrogen-bond donors (Lipinski definition) is 1. The summed E-state index contributed by atoms with van der Waals surface area (Å²) in [5.41, 5.74) is 8.94. The van der Waals surface area contributed by atoms with Crippen molar-refractivity contribution < 1.29 is 28.5 Å². The van der Waals surface area contributed by atoms with Crippen molar-refractivity contribution in [2.45, 2.75) is 19.4 Å². The van der Waals surface area contributed by atoms with E-state index in [0.717, 1.165) is 11.1 Å². The van der Waals surface area contributed by atoms with Gasteiger partial charge in [0.2, 0.25) is 5.88 Å². The minimum Gasteiger partial charge on any atom is -0.490 e. The first-order valence-corrected chi connectivity index (χ1v) is 14.7. The molecule has 10 heteroatoms. The van der Waals surface area contributed by atoms with E-state index in [-0.39, 0.29) is 23.8 Å². The predicted octanol–water partition coefficient (Wildman–Crippen LogP) is 7.97. The topological polar surface area (TPSA) is 113 Å². The van der Waals surface area contributed by atoms with Crippen LogP contribution in [0.2, 0.25) is 10.0 Å². The molecule has 0 aromatic heterocycles. The lowest BCUT2D eigenvalue weighted by atomic mass is 9.83. The monoisotopic (exact) mass is 642 g/mol. The molecule has 8 nitrogen and oxygen atoms in total. The maximum Gasteiger partial charge on any atom is 0.343 e. The lowest BCUT2D eigenvalue weighted by Crippen LogP contribution is -2.21. The van der Waals surface area contributed by atoms with Crippen molar-refractivity contribution in [3.8, 4) is 34.8 Å². The molecular weight excluding hydrogens is 615 g/mol. The summed E-state index contributed by atoms with van der Waals surface area (Å²) in [4.78, 5) is 12.8. The summed E-state index contributed by atoms with van der Waals surface area (Å²) in [5, 5.41) is 11.1. The molecule has 1 aliphatic rings. The number of nitrogens with zero attached hydrogens (tertiary/aromatic N) is 1. The Morgan fingerprint density at radius 2 is 1.76 bits per heavy atom. The number of allylic oxidation sites excluding steroid dienone is 1. The van der Waals surface area contributed by atoms with Crippen LogP contribution in [0.5, 0.6) is 28.7 Å². The number of carbonyl (C=O) groups excluding carboxylic acids is 1. The molecule has 4 aromatic rings. The number of fused-ring (bicyclic) bond motifs is 1. The highest BCUT2D eigenvalue weighted by atomic mass is 35.5. The second kappa shape index (κ2) is 14.1. The van der Waals surface area contributed by atoms with Crippen LogP contribution in [0.15, 0.2) is 103 Å². The molecule has 0 saturated carbocycles. The number of rotatable bonds is 11. The molecule has 5 rings (SSSR count). The molecular formula is C35H28Cl2N2O6. The van der Waals surface area contributed by atoms with Crippen molar-refractivity contribution >= 4 is 29.2 Å². The van der Waals surface area contributed by atoms with Gasteiger partial charge in [-0.2, -0.15) is 5.26 Å². The van der Waals surface area contributed by atoms with E-state index < -0.39 is 11.9 Å². The molecule has 1 atom stereocenters. The van der Waals surface area contributed by atoms with E-state index in [1.165, 1.54) is 0 Å². The second-order valence-corrected chi connectivity index (χ2v) is 10.6. The van der Waals surface area contributed by atoms with Crippen molar-refractivity contribution in [3.05, 3.63) is 135 Å². The molecule has 0 radical (unpaired) electrons. The van der Waals surface area contributed by atoms with Crippen LogP contribution in [0.25, 0.3) is 0 Å². The first kappa shape index (κ1) is 31.3. The third-order valence-electron chi connectivity index (χ3n) is 6.86. The molecule has 0 bridgehead atoms. The Balaban J connectivity index is 1.40. The van der Waals surface area contributed by atoms with E-state index in [4.69, 9.17) is 52.6 Å². The quantitative estimate of drug-likeness (QED) is 0.0995. The smallest absolute Gasteiger partial charge is 0.343 e. The average Bonchev–Trinajstić information content (AvgIpc) is 3.03. The Morgan fingerprint density at radius 1 is 0.978 bits per heavy atom. The Labute approximate surface area is 270 Å². The van der Waals surface area contributed by atoms with E-state index in [2.05, 4.69) is 12.6 Å². The highest BCUT2D eigenvalue weighted by Gasteiger charge is 2.32. The zero-order valence-corrected chi connectivity index (χ0v) is 25.7. The van der Waals surface area contributed by atoms with E-state index in [1.54, 1.807) is 72.8 Å². The van der Waals surface area contributed by atoms with Gasteiger partial charge in [0.25, 0.3) is 0 Å². The number of hydrogen-bond acceptors (Lipinski definition) is 8. The maximum atomic E-state index is 12.8. The minimum absolute atomic E-state index is 0.0516. The summed E-state index contributed by atoms with van der Waals surface area (Å²) < 4.78 is 28.9. The summed E-state index contributed by atoms with van der Waals surface area (Å²) in [6.07, 6.45) is 1.63. The van der Waals surface area contributed by atoms with Gasteiger partial charge in [-0.1, -0.05) is 54.1 Å². The number of benzene rings is 4. The fraction of sp³-hybridized carbons (Fsp3) is 0.143. The summed E-state index contributed by atoms with van der Waals surface area (Å²) in [5.74, 6) is 0.995. The minimum atomic E-state index is -0.578. The molecule has 0 aliphatic carbocycles. The van der Waals surface area contributed by atoms with Crippen LogP contribution < -0.4 is 29.4 Å². The Morgan fingerprint density at radius 3 is 2.47 bits per heavy atom. The van der Waals surface area contributed by atoms with Crippen LogP contribution in [0.1, 0.15) is 39.9 Å². The molecule has 0 amide bonds. The number of nitriles is 1. The summed E-state index contributed by atoms with van der Waals surface area (Å²) in [6, 6.07) is 24.3. The predicted molar refractivity (Wildman–Crippen MR) is 171 cm³/mol. The normalized spacial score (nSPS) is 13.6. The highest BCUT2D eigenvalue weighted by molar-refractivity contribution is 6.35. The molecule has 0 saturated heterocycles. The van der Waals surface area contributed by atoms with Gasteiger partial charge in [0, 0.05) is 27.2 Å². The third kappa shape index (κ3) is 7.18. The number of esters is 1. The highest BCUT2D eigenvalue weighted by Crippen LogP contribution is 2.45. The van der Waals surface area contributed by atoms with Gasteiger partial charge in [-0.05, 0) is 67.1 Å². The molecule has 1 heterocycles. The standard InChI is InChI=1S/C35H28Cl2N2O6/c1-3-15-42-25-10-6-21(7-11-25)35(40)44-26-12-13-27-31(18-26)45-34(39)28(19-38)33(27)22-8-14-30(32(16-22)41-4-2)43-20-23-5-9-24(36)17-29(23)37/h3,5-14,16-18,33H,1,4,15,20,39H2,2H3. The second-order valence-electron chi connectivity index (χ2n) is 9.80. The van der Waals surface area contributed by atoms with E-state index >= 15 is 0 Å². The molecule has 45 heavy (non-hydrogen) atoms. The van der Waals surface area contributed by atoms with Gasteiger partial charge in [0.05, 0.1) is 18.1 Å². The van der Waals surface area contributed by atoms with Crippen molar-refractivity contribution in [2.24, 2.45) is 5.73 Å². The van der Waals surface area contributed by atoms with Gasteiger partial charge < -0.3 is 29.4 Å². The summed E-state index contributed by atoms with van der Waals surface area (Å²) in [6.45, 7) is 6.42. The maximum absolute atomic E-state index is 12.8. The van der Waals surface area contributed by atoms with E-state index in [9.17, 15) is 10.1 Å². The fourth-order valence-electron chi connectivity index (χ4n) is 4.74. The van der Waals surface area contributed by atoms with E-state index in [0.29, 0.717) is 57.4 Å². The average molecular weight is 644 g/mol. The van der Waals surface area contributed by atoms with Gasteiger partial charge in [0.15, 0.2) is 11.5 Å². The van der Waals surface area contributed by atoms with Gasteiger partial charge >= 0.3 is 5.97 Å². The fourth-order valence-corrected chi connectivity index (χ4v) is 5.20. The summed E-state index contributed by atoms with van der Waals surface area (Å²) in [7, 11) is 0. The van der Waals surface area contributed by atoms with Crippen molar-refractivity contribution in [1.82, 2.24) is 0 Å². The first-order chi connectivity index (χ1) is 21.8. The van der Waals surface area contributed by atoms with Crippen molar-refractivity contribution in [1.29, 1.82) is 5.26 Å².